The average molecular weight is 581 g/mol. The second-order valence-electron chi connectivity index (χ2n) is 11.0. The van der Waals surface area contributed by atoms with Crippen LogP contribution in [-0.2, 0) is 18.9 Å². The number of ether oxygens (including phenoxy) is 4. The molecule has 0 radical (unpaired) electrons. The van der Waals surface area contributed by atoms with Crippen LogP contribution >= 0.6 is 11.3 Å². The first kappa shape index (κ1) is 27.7. The van der Waals surface area contributed by atoms with Gasteiger partial charge >= 0.3 is 6.09 Å². The Morgan fingerprint density at radius 3 is 2.76 bits per heavy atom. The largest absolute Gasteiger partial charge is 0.443 e. The molecule has 6 atom stereocenters. The van der Waals surface area contributed by atoms with Crippen LogP contribution < -0.4 is 10.9 Å². The molecule has 0 bridgehead atoms. The molecule has 4 aromatic rings. The minimum absolute atomic E-state index is 0.192. The number of aliphatic hydroxyl groups excluding tert-OH is 1. The number of aryl methyl sites for hydroxylation is 1. The summed E-state index contributed by atoms with van der Waals surface area (Å²) >= 11 is 1.52. The van der Waals surface area contributed by atoms with E-state index in [1.807, 2.05) is 48.5 Å². The van der Waals surface area contributed by atoms with E-state index in [1.165, 1.54) is 11.3 Å². The molecule has 6 rings (SSSR count). The lowest BCUT2D eigenvalue weighted by Crippen LogP contribution is -2.66. The summed E-state index contributed by atoms with van der Waals surface area (Å²) in [5, 5.41) is 16.4. The van der Waals surface area contributed by atoms with E-state index < -0.39 is 48.4 Å². The van der Waals surface area contributed by atoms with E-state index in [0.29, 0.717) is 11.6 Å². The molecule has 4 unspecified atom stereocenters. The molecular formula is C28H32N6O6S. The van der Waals surface area contributed by atoms with Gasteiger partial charge in [-0.05, 0) is 45.9 Å². The Hall–Kier alpha value is -3.46. The number of hydrazine groups is 1. The third-order valence-electron chi connectivity index (χ3n) is 6.78. The molecular weight excluding hydrogens is 548 g/mol. The van der Waals surface area contributed by atoms with Gasteiger partial charge in [0.1, 0.15) is 35.8 Å². The van der Waals surface area contributed by atoms with Crippen molar-refractivity contribution >= 4 is 27.6 Å². The zero-order chi connectivity index (χ0) is 28.7. The molecule has 41 heavy (non-hydrogen) atoms. The van der Waals surface area contributed by atoms with E-state index in [2.05, 4.69) is 25.9 Å². The van der Waals surface area contributed by atoms with Gasteiger partial charge in [0.05, 0.1) is 34.1 Å². The molecule has 2 aromatic carbocycles. The van der Waals surface area contributed by atoms with Crippen molar-refractivity contribution in [1.29, 1.82) is 0 Å². The number of aliphatic hydroxyl groups is 1. The molecule has 4 heterocycles. The maximum atomic E-state index is 12.5. The Labute approximate surface area is 240 Å². The highest BCUT2D eigenvalue weighted by Gasteiger charge is 2.51. The monoisotopic (exact) mass is 580 g/mol. The van der Waals surface area contributed by atoms with Gasteiger partial charge in [-0.15, -0.1) is 11.3 Å². The fourth-order valence-electron chi connectivity index (χ4n) is 5.02. The molecule has 3 N–H and O–H groups in total. The van der Waals surface area contributed by atoms with Gasteiger partial charge in [-0.25, -0.2) is 24.9 Å². The number of nitrogens with zero attached hydrogens (tertiary/aromatic N) is 4. The molecule has 216 valence electrons. The topological polar surface area (TPSA) is 142 Å². The quantitative estimate of drug-likeness (QED) is 0.300. The van der Waals surface area contributed by atoms with Gasteiger partial charge in [0.25, 0.3) is 0 Å². The predicted molar refractivity (Wildman–Crippen MR) is 149 cm³/mol. The van der Waals surface area contributed by atoms with Crippen LogP contribution in [0, 0.1) is 6.92 Å². The van der Waals surface area contributed by atoms with Crippen molar-refractivity contribution in [2.75, 3.05) is 6.61 Å². The van der Waals surface area contributed by atoms with Crippen LogP contribution in [0.5, 0.6) is 0 Å². The number of thiazole rings is 1. The summed E-state index contributed by atoms with van der Waals surface area (Å²) in [6, 6.07) is 14.5. The van der Waals surface area contributed by atoms with Crippen molar-refractivity contribution in [2.45, 2.75) is 70.0 Å². The molecule has 2 saturated heterocycles. The first-order valence-electron chi connectivity index (χ1n) is 13.3. The van der Waals surface area contributed by atoms with Crippen LogP contribution in [-0.4, -0.2) is 67.5 Å². The fourth-order valence-corrected chi connectivity index (χ4v) is 5.73. The number of carbonyl (C=O) groups excluding carboxylic acids is 1. The van der Waals surface area contributed by atoms with Crippen molar-refractivity contribution in [3.8, 4) is 5.69 Å². The molecule has 0 saturated carbocycles. The lowest BCUT2D eigenvalue weighted by atomic mass is 9.91. The number of fused-ring (bicyclic) bond motifs is 2. The van der Waals surface area contributed by atoms with Crippen molar-refractivity contribution in [3.05, 3.63) is 71.3 Å². The number of nitrogens with one attached hydrogen (secondary N) is 2. The van der Waals surface area contributed by atoms with Gasteiger partial charge in [-0.1, -0.05) is 30.3 Å². The number of hydrogen-bond donors (Lipinski definition) is 3. The van der Waals surface area contributed by atoms with E-state index >= 15 is 0 Å². The lowest BCUT2D eigenvalue weighted by Gasteiger charge is -2.48. The summed E-state index contributed by atoms with van der Waals surface area (Å²) in [7, 11) is 0. The summed E-state index contributed by atoms with van der Waals surface area (Å²) in [6.07, 6.45) is -4.75. The second-order valence-corrected chi connectivity index (χ2v) is 11.9. The molecule has 1 amide bonds. The Morgan fingerprint density at radius 1 is 1.17 bits per heavy atom. The van der Waals surface area contributed by atoms with Crippen LogP contribution in [0.25, 0.3) is 15.9 Å². The zero-order valence-corrected chi connectivity index (χ0v) is 23.9. The smallest absolute Gasteiger partial charge is 0.422 e. The van der Waals surface area contributed by atoms with Crippen molar-refractivity contribution in [2.24, 2.45) is 0 Å². The van der Waals surface area contributed by atoms with Crippen molar-refractivity contribution in [3.63, 3.8) is 0 Å². The Bertz CT molecular complexity index is 1520. The average Bonchev–Trinajstić information content (AvgIpc) is 3.57. The van der Waals surface area contributed by atoms with Crippen LogP contribution in [0.2, 0.25) is 0 Å². The first-order chi connectivity index (χ1) is 19.7. The van der Waals surface area contributed by atoms with E-state index in [4.69, 9.17) is 18.9 Å². The van der Waals surface area contributed by atoms with E-state index in [-0.39, 0.29) is 6.61 Å². The van der Waals surface area contributed by atoms with E-state index in [9.17, 15) is 9.90 Å². The SMILES string of the molecule is Cc1nc([C@@H]2OC3COC(c4ccccc4)O[C@@H]3C(NNC(=O)OC(C)(C)C)C2O)n(-c2ccc3ncsc3c2)n1. The third kappa shape index (κ3) is 5.82. The fraction of sp³-hybridized carbons (Fsp3) is 0.429. The molecule has 12 nitrogen and oxygen atoms in total. The van der Waals surface area contributed by atoms with Gasteiger partial charge in [-0.2, -0.15) is 5.10 Å². The normalized spacial score (nSPS) is 26.5. The first-order valence-corrected chi connectivity index (χ1v) is 14.2. The highest BCUT2D eigenvalue weighted by Crippen LogP contribution is 2.39. The van der Waals surface area contributed by atoms with Gasteiger partial charge in [-0.3, -0.25) is 5.43 Å². The number of aromatic nitrogens is 4. The van der Waals surface area contributed by atoms with E-state index in [1.54, 1.807) is 37.9 Å². The number of benzene rings is 2. The highest BCUT2D eigenvalue weighted by atomic mass is 32.1. The van der Waals surface area contributed by atoms with Crippen molar-refractivity contribution in [1.82, 2.24) is 30.6 Å². The number of rotatable bonds is 5. The van der Waals surface area contributed by atoms with Crippen LogP contribution in [0.15, 0.2) is 54.0 Å². The Morgan fingerprint density at radius 2 is 1.98 bits per heavy atom. The second kappa shape index (κ2) is 11.1. The maximum absolute atomic E-state index is 12.5. The maximum Gasteiger partial charge on any atom is 0.422 e. The zero-order valence-electron chi connectivity index (χ0n) is 23.1. The standard InChI is InChI=1S/C28H32N6O6S/c1-15-30-25(34(33-15)17-10-11-18-20(12-17)41-14-29-18)24-22(35)21(31-32-27(36)40-28(2,3)4)23-19(38-24)13-37-26(39-23)16-8-6-5-7-9-16/h5-12,14,19,21-24,26,31,35H,13H2,1-4H3,(H,32,36)/t19?,21?,22?,23-,24+,26?/m0/s1. The molecule has 2 aliphatic heterocycles. The summed E-state index contributed by atoms with van der Waals surface area (Å²) in [6.45, 7) is 7.28. The molecule has 0 spiro atoms. The molecule has 13 heteroatoms. The Kier molecular flexibility index (Phi) is 7.49. The molecule has 2 aliphatic rings. The van der Waals surface area contributed by atoms with E-state index in [0.717, 1.165) is 21.5 Å². The van der Waals surface area contributed by atoms with Gasteiger partial charge in [0.2, 0.25) is 0 Å². The van der Waals surface area contributed by atoms with Crippen LogP contribution in [0.1, 0.15) is 50.4 Å². The predicted octanol–water partition coefficient (Wildman–Crippen LogP) is 3.50. The van der Waals surface area contributed by atoms with Gasteiger partial charge in [0.15, 0.2) is 12.1 Å². The minimum atomic E-state index is -1.20. The van der Waals surface area contributed by atoms with Crippen LogP contribution in [0.4, 0.5) is 4.79 Å². The van der Waals surface area contributed by atoms with Gasteiger partial charge < -0.3 is 24.1 Å². The third-order valence-corrected chi connectivity index (χ3v) is 7.57. The Balaban J connectivity index is 1.31. The van der Waals surface area contributed by atoms with Crippen molar-refractivity contribution < 1.29 is 28.8 Å². The van der Waals surface area contributed by atoms with Gasteiger partial charge in [0, 0.05) is 5.56 Å². The summed E-state index contributed by atoms with van der Waals surface area (Å²) in [5.74, 6) is 0.922. The highest BCUT2D eigenvalue weighted by molar-refractivity contribution is 7.16. The summed E-state index contributed by atoms with van der Waals surface area (Å²) < 4.78 is 26.8. The molecule has 0 aliphatic carbocycles. The number of amides is 1. The number of hydrogen-bond acceptors (Lipinski definition) is 11. The minimum Gasteiger partial charge on any atom is -0.443 e. The van der Waals surface area contributed by atoms with Crippen LogP contribution in [0.3, 0.4) is 0 Å². The summed E-state index contributed by atoms with van der Waals surface area (Å²) in [4.78, 5) is 21.5. The molecule has 2 aromatic heterocycles. The lowest BCUT2D eigenvalue weighted by molar-refractivity contribution is -0.313. The number of carbonyl (C=O) groups is 1. The molecule has 2 fully saturated rings. The summed E-state index contributed by atoms with van der Waals surface area (Å²) in [5.41, 5.74) is 9.08.